The minimum atomic E-state index is -0.0915. The Morgan fingerprint density at radius 2 is 1.84 bits per heavy atom. The van der Waals surface area contributed by atoms with Crippen molar-refractivity contribution in [1.29, 1.82) is 0 Å². The molecule has 100 valence electrons. The molecule has 0 bridgehead atoms. The minimum absolute atomic E-state index is 0.0915. The van der Waals surface area contributed by atoms with Gasteiger partial charge >= 0.3 is 0 Å². The molecule has 0 amide bonds. The summed E-state index contributed by atoms with van der Waals surface area (Å²) in [5.41, 5.74) is 1.90. The number of methoxy groups -OCH3 is 1. The van der Waals surface area contributed by atoms with Crippen molar-refractivity contribution in [2.45, 2.75) is 4.83 Å². The van der Waals surface area contributed by atoms with Crippen LogP contribution in [0.25, 0.3) is 0 Å². The number of alkyl halides is 1. The molecule has 0 spiro atoms. The van der Waals surface area contributed by atoms with E-state index in [0.717, 1.165) is 21.3 Å². The third kappa shape index (κ3) is 3.27. The van der Waals surface area contributed by atoms with Gasteiger partial charge in [0.05, 0.1) is 17.0 Å². The second kappa shape index (κ2) is 6.49. The third-order valence-corrected chi connectivity index (χ3v) is 5.25. The number of ether oxygens (including phenoxy) is 1. The predicted octanol–water partition coefficient (Wildman–Crippen LogP) is 6.25. The van der Waals surface area contributed by atoms with E-state index < -0.39 is 0 Å². The molecule has 0 radical (unpaired) electrons. The lowest BCUT2D eigenvalue weighted by molar-refractivity contribution is 0.410. The maximum atomic E-state index is 6.32. The molecule has 2 aromatic carbocycles. The second-order valence-electron chi connectivity index (χ2n) is 3.89. The SMILES string of the molecule is COc1ccc(Cl)cc1C(Br)c1cccc(Br)c1Cl. The van der Waals surface area contributed by atoms with Crippen LogP contribution in [0.4, 0.5) is 0 Å². The number of hydrogen-bond donors (Lipinski definition) is 0. The van der Waals surface area contributed by atoms with E-state index in [1.54, 1.807) is 13.2 Å². The van der Waals surface area contributed by atoms with Gasteiger partial charge in [0.2, 0.25) is 0 Å². The van der Waals surface area contributed by atoms with Crippen LogP contribution in [-0.4, -0.2) is 7.11 Å². The smallest absolute Gasteiger partial charge is 0.123 e. The molecular weight excluding hydrogens is 415 g/mol. The van der Waals surface area contributed by atoms with Gasteiger partial charge in [0.25, 0.3) is 0 Å². The summed E-state index contributed by atoms with van der Waals surface area (Å²) in [6.45, 7) is 0. The Labute approximate surface area is 139 Å². The van der Waals surface area contributed by atoms with Crippen LogP contribution in [0.1, 0.15) is 16.0 Å². The van der Waals surface area contributed by atoms with Gasteiger partial charge in [0.15, 0.2) is 0 Å². The quantitative estimate of drug-likeness (QED) is 0.529. The molecule has 1 unspecified atom stereocenters. The fourth-order valence-electron chi connectivity index (χ4n) is 1.79. The first-order valence-electron chi connectivity index (χ1n) is 5.46. The maximum Gasteiger partial charge on any atom is 0.123 e. The summed E-state index contributed by atoms with van der Waals surface area (Å²) >= 11 is 19.5. The summed E-state index contributed by atoms with van der Waals surface area (Å²) in [5.74, 6) is 0.766. The average molecular weight is 425 g/mol. The first-order valence-corrected chi connectivity index (χ1v) is 7.92. The molecule has 0 aliphatic rings. The summed E-state index contributed by atoms with van der Waals surface area (Å²) in [4.78, 5) is -0.0915. The maximum absolute atomic E-state index is 6.32. The van der Waals surface area contributed by atoms with Gasteiger partial charge in [-0.3, -0.25) is 0 Å². The standard InChI is InChI=1S/C14H10Br2Cl2O/c1-19-12-6-5-8(17)7-10(12)13(16)9-3-2-4-11(15)14(9)18/h2-7,13H,1H3. The Balaban J connectivity index is 2.52. The average Bonchev–Trinajstić information content (AvgIpc) is 2.41. The zero-order valence-corrected chi connectivity index (χ0v) is 14.6. The van der Waals surface area contributed by atoms with E-state index in [1.807, 2.05) is 30.3 Å². The molecule has 0 aliphatic carbocycles. The van der Waals surface area contributed by atoms with Gasteiger partial charge in [-0.2, -0.15) is 0 Å². The third-order valence-electron chi connectivity index (χ3n) is 2.72. The summed E-state index contributed by atoms with van der Waals surface area (Å²) in [6.07, 6.45) is 0. The van der Waals surface area contributed by atoms with Crippen LogP contribution in [0.3, 0.4) is 0 Å². The first kappa shape index (κ1) is 15.2. The van der Waals surface area contributed by atoms with E-state index in [4.69, 9.17) is 27.9 Å². The number of benzene rings is 2. The van der Waals surface area contributed by atoms with Crippen molar-refractivity contribution in [3.63, 3.8) is 0 Å². The Hall–Kier alpha value is -0.220. The van der Waals surface area contributed by atoms with Crippen LogP contribution in [0.5, 0.6) is 5.75 Å². The Kier molecular flexibility index (Phi) is 5.18. The van der Waals surface area contributed by atoms with Gasteiger partial charge in [0.1, 0.15) is 5.75 Å². The van der Waals surface area contributed by atoms with Gasteiger partial charge in [-0.25, -0.2) is 0 Å². The molecule has 19 heavy (non-hydrogen) atoms. The van der Waals surface area contributed by atoms with Crippen molar-refractivity contribution >= 4 is 55.1 Å². The first-order chi connectivity index (χ1) is 9.04. The zero-order valence-electron chi connectivity index (χ0n) is 9.96. The van der Waals surface area contributed by atoms with Gasteiger partial charge in [0, 0.05) is 15.1 Å². The van der Waals surface area contributed by atoms with Crippen molar-refractivity contribution in [3.05, 3.63) is 62.0 Å². The topological polar surface area (TPSA) is 9.23 Å². The van der Waals surface area contributed by atoms with Crippen LogP contribution >= 0.6 is 55.1 Å². The minimum Gasteiger partial charge on any atom is -0.496 e. The molecule has 0 saturated carbocycles. The van der Waals surface area contributed by atoms with Gasteiger partial charge in [-0.15, -0.1) is 0 Å². The van der Waals surface area contributed by atoms with Crippen LogP contribution in [0.2, 0.25) is 10.0 Å². The van der Waals surface area contributed by atoms with Crippen molar-refractivity contribution < 1.29 is 4.74 Å². The molecule has 1 nitrogen and oxygen atoms in total. The fraction of sp³-hybridized carbons (Fsp3) is 0.143. The highest BCUT2D eigenvalue weighted by molar-refractivity contribution is 9.10. The highest BCUT2D eigenvalue weighted by atomic mass is 79.9. The summed E-state index contributed by atoms with van der Waals surface area (Å²) < 4.78 is 6.23. The molecule has 0 heterocycles. The lowest BCUT2D eigenvalue weighted by atomic mass is 10.0. The summed E-state index contributed by atoms with van der Waals surface area (Å²) in [6, 6.07) is 11.3. The van der Waals surface area contributed by atoms with Crippen LogP contribution in [-0.2, 0) is 0 Å². The molecule has 1 atom stereocenters. The van der Waals surface area contributed by atoms with E-state index in [2.05, 4.69) is 31.9 Å². The van der Waals surface area contributed by atoms with Crippen molar-refractivity contribution in [2.24, 2.45) is 0 Å². The van der Waals surface area contributed by atoms with Gasteiger partial charge in [-0.1, -0.05) is 51.3 Å². The van der Waals surface area contributed by atoms with E-state index >= 15 is 0 Å². The summed E-state index contributed by atoms with van der Waals surface area (Å²) in [5, 5.41) is 1.33. The zero-order chi connectivity index (χ0) is 14.0. The van der Waals surface area contributed by atoms with Gasteiger partial charge < -0.3 is 4.74 Å². The molecule has 0 N–H and O–H groups in total. The van der Waals surface area contributed by atoms with E-state index in [1.165, 1.54) is 0 Å². The highest BCUT2D eigenvalue weighted by Crippen LogP contribution is 2.42. The molecule has 5 heteroatoms. The van der Waals surface area contributed by atoms with Crippen LogP contribution in [0.15, 0.2) is 40.9 Å². The van der Waals surface area contributed by atoms with Crippen molar-refractivity contribution in [3.8, 4) is 5.75 Å². The van der Waals surface area contributed by atoms with Gasteiger partial charge in [-0.05, 0) is 45.8 Å². The molecular formula is C14H10Br2Cl2O. The molecule has 0 saturated heterocycles. The second-order valence-corrected chi connectivity index (χ2v) is 6.48. The Bertz CT molecular complexity index is 602. The van der Waals surface area contributed by atoms with E-state index in [9.17, 15) is 0 Å². The Morgan fingerprint density at radius 1 is 1.11 bits per heavy atom. The van der Waals surface area contributed by atoms with Crippen molar-refractivity contribution in [2.75, 3.05) is 7.11 Å². The van der Waals surface area contributed by atoms with Crippen LogP contribution < -0.4 is 4.74 Å². The van der Waals surface area contributed by atoms with Crippen molar-refractivity contribution in [1.82, 2.24) is 0 Å². The lowest BCUT2D eigenvalue weighted by Crippen LogP contribution is -1.98. The number of halogens is 4. The number of hydrogen-bond acceptors (Lipinski definition) is 1. The molecule has 0 aromatic heterocycles. The van der Waals surface area contributed by atoms with E-state index in [-0.39, 0.29) is 4.83 Å². The predicted molar refractivity (Wildman–Crippen MR) is 87.9 cm³/mol. The molecule has 0 aliphatic heterocycles. The normalized spacial score (nSPS) is 12.3. The summed E-state index contributed by atoms with van der Waals surface area (Å²) in [7, 11) is 1.63. The highest BCUT2D eigenvalue weighted by Gasteiger charge is 2.19. The van der Waals surface area contributed by atoms with E-state index in [0.29, 0.717) is 10.0 Å². The largest absolute Gasteiger partial charge is 0.496 e. The van der Waals surface area contributed by atoms with Crippen LogP contribution in [0, 0.1) is 0 Å². The molecule has 2 aromatic rings. The lowest BCUT2D eigenvalue weighted by Gasteiger charge is -2.16. The monoisotopic (exact) mass is 422 g/mol. The Morgan fingerprint density at radius 3 is 2.53 bits per heavy atom. The number of rotatable bonds is 3. The fourth-order valence-corrected chi connectivity index (χ4v) is 3.46. The molecule has 0 fully saturated rings. The molecule has 2 rings (SSSR count).